The van der Waals surface area contributed by atoms with E-state index in [-0.39, 0.29) is 36.5 Å². The number of nitrogens with zero attached hydrogens (tertiary/aromatic N) is 2. The topological polar surface area (TPSA) is 58.4 Å². The molecular weight excluding hydrogens is 320 g/mol. The van der Waals surface area contributed by atoms with Crippen LogP contribution in [-0.4, -0.2) is 36.0 Å². The fourth-order valence-corrected chi connectivity index (χ4v) is 2.36. The Morgan fingerprint density at radius 3 is 2.52 bits per heavy atom. The fraction of sp³-hybridized carbons (Fsp3) is 0.385. The Hall–Kier alpha value is -1.21. The van der Waals surface area contributed by atoms with E-state index in [4.69, 9.17) is 0 Å². The summed E-state index contributed by atoms with van der Waals surface area (Å²) in [4.78, 5) is 12.6. The third-order valence-electron chi connectivity index (χ3n) is 3.28. The zero-order chi connectivity index (χ0) is 13.8. The van der Waals surface area contributed by atoms with Crippen LogP contribution >= 0.6 is 24.8 Å². The van der Waals surface area contributed by atoms with Gasteiger partial charge < -0.3 is 5.32 Å². The number of benzene rings is 1. The highest BCUT2D eigenvalue weighted by Gasteiger charge is 2.26. The smallest absolute Gasteiger partial charge is 0.277 e. The molecule has 0 radical (unpaired) electrons. The van der Waals surface area contributed by atoms with E-state index in [2.05, 4.69) is 16.8 Å². The molecule has 0 aliphatic carbocycles. The van der Waals surface area contributed by atoms with Crippen molar-refractivity contribution in [3.05, 3.63) is 52.3 Å². The van der Waals surface area contributed by atoms with Crippen LogP contribution in [0.2, 0.25) is 0 Å². The van der Waals surface area contributed by atoms with Crippen molar-refractivity contribution < 1.29 is 9.31 Å². The third kappa shape index (κ3) is 4.64. The Morgan fingerprint density at radius 2 is 2.00 bits per heavy atom. The van der Waals surface area contributed by atoms with Gasteiger partial charge in [-0.1, -0.05) is 6.08 Å². The molecule has 0 aromatic heterocycles. The van der Waals surface area contributed by atoms with E-state index in [9.17, 15) is 14.5 Å². The first-order valence-corrected chi connectivity index (χ1v) is 6.14. The van der Waals surface area contributed by atoms with Crippen LogP contribution in [0.15, 0.2) is 30.9 Å². The van der Waals surface area contributed by atoms with Crippen molar-refractivity contribution >= 4 is 30.5 Å². The minimum Gasteiger partial charge on any atom is -0.314 e. The first kappa shape index (κ1) is 19.8. The summed E-state index contributed by atoms with van der Waals surface area (Å²) in [7, 11) is 0. The number of hydrogen-bond acceptors (Lipinski definition) is 4. The zero-order valence-corrected chi connectivity index (χ0v) is 13.0. The zero-order valence-electron chi connectivity index (χ0n) is 11.3. The molecule has 1 heterocycles. The van der Waals surface area contributed by atoms with Crippen molar-refractivity contribution in [3.63, 3.8) is 0 Å². The summed E-state index contributed by atoms with van der Waals surface area (Å²) < 4.78 is 13.2. The molecule has 2 rings (SSSR count). The molecule has 0 unspecified atom stereocenters. The Kier molecular flexibility index (Phi) is 8.43. The Bertz CT molecular complexity index is 496. The van der Waals surface area contributed by atoms with Gasteiger partial charge in [-0.05, 0) is 12.1 Å². The number of nitro benzene ring substituents is 1. The van der Waals surface area contributed by atoms with E-state index in [1.807, 2.05) is 0 Å². The predicted molar refractivity (Wildman–Crippen MR) is 84.9 cm³/mol. The lowest BCUT2D eigenvalue weighted by Crippen LogP contribution is -2.44. The van der Waals surface area contributed by atoms with Crippen molar-refractivity contribution in [2.45, 2.75) is 6.04 Å². The minimum atomic E-state index is -0.599. The minimum absolute atomic E-state index is 0. The second-order valence-corrected chi connectivity index (χ2v) is 4.43. The van der Waals surface area contributed by atoms with Crippen molar-refractivity contribution in [2.24, 2.45) is 0 Å². The van der Waals surface area contributed by atoms with E-state index >= 15 is 0 Å². The maximum Gasteiger partial charge on any atom is 0.277 e. The van der Waals surface area contributed by atoms with Gasteiger partial charge in [-0.15, -0.1) is 31.4 Å². The van der Waals surface area contributed by atoms with E-state index in [0.29, 0.717) is 5.56 Å². The maximum atomic E-state index is 13.2. The van der Waals surface area contributed by atoms with E-state index in [1.165, 1.54) is 12.1 Å². The highest BCUT2D eigenvalue weighted by molar-refractivity contribution is 5.85. The molecule has 0 spiro atoms. The Morgan fingerprint density at radius 1 is 1.38 bits per heavy atom. The van der Waals surface area contributed by atoms with Gasteiger partial charge in [0.15, 0.2) is 0 Å². The van der Waals surface area contributed by atoms with Crippen molar-refractivity contribution in [1.82, 2.24) is 10.2 Å². The summed E-state index contributed by atoms with van der Waals surface area (Å²) in [6.07, 6.45) is 1.67. The number of halogens is 3. The molecule has 1 fully saturated rings. The lowest BCUT2D eigenvalue weighted by molar-refractivity contribution is -0.386. The van der Waals surface area contributed by atoms with Gasteiger partial charge in [-0.3, -0.25) is 15.0 Å². The second-order valence-electron chi connectivity index (χ2n) is 4.43. The molecule has 0 bridgehead atoms. The maximum absolute atomic E-state index is 13.2. The molecule has 1 saturated heterocycles. The second kappa shape index (κ2) is 8.94. The van der Waals surface area contributed by atoms with E-state index < -0.39 is 10.7 Å². The van der Waals surface area contributed by atoms with Crippen LogP contribution in [0.4, 0.5) is 10.1 Å². The van der Waals surface area contributed by atoms with Gasteiger partial charge in [0, 0.05) is 26.2 Å². The first-order valence-electron chi connectivity index (χ1n) is 6.14. The molecule has 8 heteroatoms. The summed E-state index contributed by atoms with van der Waals surface area (Å²) in [6.45, 7) is 6.99. The van der Waals surface area contributed by atoms with Gasteiger partial charge in [-0.25, -0.2) is 4.39 Å². The van der Waals surface area contributed by atoms with Crippen LogP contribution in [0.1, 0.15) is 11.6 Å². The molecule has 1 N–H and O–H groups in total. The molecule has 1 aromatic rings. The summed E-state index contributed by atoms with van der Waals surface area (Å²) in [6, 6.07) is 3.43. The van der Waals surface area contributed by atoms with Gasteiger partial charge in [0.25, 0.3) is 5.69 Å². The molecule has 1 aliphatic rings. The molecular formula is C13H18Cl2FN3O2. The van der Waals surface area contributed by atoms with Crippen molar-refractivity contribution in [1.29, 1.82) is 0 Å². The van der Waals surface area contributed by atoms with Gasteiger partial charge in [-0.2, -0.15) is 0 Å². The average molecular weight is 338 g/mol. The summed E-state index contributed by atoms with van der Waals surface area (Å²) in [5.41, 5.74) is 0.298. The standard InChI is InChI=1S/C13H16FN3O2.2ClH/c1-2-12(16-7-5-15-6-8-16)11-4-3-10(14)9-13(11)17(18)19;;/h2-4,9,12,15H,1,5-8H2;2*1H/t12-;;/m1../s1. The van der Waals surface area contributed by atoms with Gasteiger partial charge >= 0.3 is 0 Å². The SMILES string of the molecule is C=C[C@H](c1ccc(F)cc1[N+](=O)[O-])N1CCNCC1.Cl.Cl. The third-order valence-corrected chi connectivity index (χ3v) is 3.28. The van der Waals surface area contributed by atoms with Gasteiger partial charge in [0.2, 0.25) is 0 Å². The Balaban J connectivity index is 0.00000200. The summed E-state index contributed by atoms with van der Waals surface area (Å²) in [5, 5.41) is 14.3. The van der Waals surface area contributed by atoms with E-state index in [1.54, 1.807) is 6.08 Å². The van der Waals surface area contributed by atoms with Crippen LogP contribution in [0.25, 0.3) is 0 Å². The van der Waals surface area contributed by atoms with Crippen LogP contribution in [0.3, 0.4) is 0 Å². The normalized spacial score (nSPS) is 16.2. The predicted octanol–water partition coefficient (Wildman–Crippen LogP) is 2.71. The number of hydrogen-bond donors (Lipinski definition) is 1. The molecule has 118 valence electrons. The largest absolute Gasteiger partial charge is 0.314 e. The summed E-state index contributed by atoms with van der Waals surface area (Å²) in [5.74, 6) is -0.599. The molecule has 1 aromatic carbocycles. The molecule has 21 heavy (non-hydrogen) atoms. The number of rotatable bonds is 4. The molecule has 1 aliphatic heterocycles. The highest BCUT2D eigenvalue weighted by Crippen LogP contribution is 2.30. The molecule has 1 atom stereocenters. The van der Waals surface area contributed by atoms with E-state index in [0.717, 1.165) is 32.2 Å². The van der Waals surface area contributed by atoms with Crippen LogP contribution in [0, 0.1) is 15.9 Å². The summed E-state index contributed by atoms with van der Waals surface area (Å²) >= 11 is 0. The number of piperazine rings is 1. The van der Waals surface area contributed by atoms with Crippen molar-refractivity contribution in [3.8, 4) is 0 Å². The van der Waals surface area contributed by atoms with Crippen molar-refractivity contribution in [2.75, 3.05) is 26.2 Å². The fourth-order valence-electron chi connectivity index (χ4n) is 2.36. The molecule has 0 saturated carbocycles. The quantitative estimate of drug-likeness (QED) is 0.521. The Labute approximate surface area is 135 Å². The lowest BCUT2D eigenvalue weighted by Gasteiger charge is -2.33. The van der Waals surface area contributed by atoms with Gasteiger partial charge in [0.05, 0.1) is 22.6 Å². The molecule has 5 nitrogen and oxygen atoms in total. The van der Waals surface area contributed by atoms with Crippen LogP contribution in [0.5, 0.6) is 0 Å². The number of nitrogens with one attached hydrogen (secondary N) is 1. The van der Waals surface area contributed by atoms with Gasteiger partial charge in [0.1, 0.15) is 5.82 Å². The first-order chi connectivity index (χ1) is 9.13. The monoisotopic (exact) mass is 337 g/mol. The highest BCUT2D eigenvalue weighted by atomic mass is 35.5. The lowest BCUT2D eigenvalue weighted by atomic mass is 10.0. The van der Waals surface area contributed by atoms with Crippen LogP contribution < -0.4 is 5.32 Å². The average Bonchev–Trinajstić information content (AvgIpc) is 2.42. The number of nitro groups is 1. The molecule has 0 amide bonds. The van der Waals surface area contributed by atoms with Crippen LogP contribution in [-0.2, 0) is 0 Å².